The molecular weight excluding hydrogens is 392 g/mol. The van der Waals surface area contributed by atoms with Crippen LogP contribution in [0.15, 0.2) is 36.9 Å². The summed E-state index contributed by atoms with van der Waals surface area (Å²) in [4.78, 5) is 29.0. The molecule has 1 saturated heterocycles. The minimum Gasteiger partial charge on any atom is -0.353 e. The summed E-state index contributed by atoms with van der Waals surface area (Å²) in [5, 5.41) is 2.32. The van der Waals surface area contributed by atoms with E-state index in [0.717, 1.165) is 29.3 Å². The smallest absolute Gasteiger partial charge is 0.322 e. The van der Waals surface area contributed by atoms with Crippen molar-refractivity contribution in [3.8, 4) is 5.82 Å². The number of carbonyl (C=O) groups excluding carboxylic acids is 1. The minimum atomic E-state index is -0.805. The molecule has 3 heterocycles. The monoisotopic (exact) mass is 413 g/mol. The lowest BCUT2D eigenvalue weighted by molar-refractivity contribution is 0.208. The molecule has 30 heavy (non-hydrogen) atoms. The van der Waals surface area contributed by atoms with Gasteiger partial charge < -0.3 is 15.1 Å². The molecule has 4 rings (SSSR count). The number of nitrogens with zero attached hydrogens (tertiary/aromatic N) is 6. The Balaban J connectivity index is 1.42. The number of urea groups is 1. The zero-order valence-electron chi connectivity index (χ0n) is 16.6. The number of anilines is 2. The predicted octanol–water partition coefficient (Wildman–Crippen LogP) is 2.91. The number of hydrogen-bond acceptors (Lipinski definition) is 5. The number of aromatic nitrogens is 4. The number of aryl methyl sites for hydroxylation is 1. The molecule has 0 atom stereocenters. The van der Waals surface area contributed by atoms with Crippen LogP contribution >= 0.6 is 0 Å². The molecule has 1 N–H and O–H groups in total. The topological polar surface area (TPSA) is 79.2 Å². The number of nitrogens with one attached hydrogen (secondary N) is 1. The van der Waals surface area contributed by atoms with Crippen molar-refractivity contribution in [1.82, 2.24) is 24.4 Å². The maximum atomic E-state index is 13.8. The number of piperazine rings is 1. The van der Waals surface area contributed by atoms with Gasteiger partial charge in [0.1, 0.15) is 41.6 Å². The average molecular weight is 413 g/mol. The van der Waals surface area contributed by atoms with E-state index in [9.17, 15) is 13.6 Å². The summed E-state index contributed by atoms with van der Waals surface area (Å²) >= 11 is 0. The SMILES string of the molecule is Cc1ncn(-c2cc(N3CCN(C(=O)Nc4c(F)cccc4F)CC3)ncn2)c1C. The van der Waals surface area contributed by atoms with Crippen molar-refractivity contribution < 1.29 is 13.6 Å². The highest BCUT2D eigenvalue weighted by Crippen LogP contribution is 2.20. The van der Waals surface area contributed by atoms with Gasteiger partial charge in [-0.3, -0.25) is 4.57 Å². The lowest BCUT2D eigenvalue weighted by atomic mass is 10.3. The second kappa shape index (κ2) is 8.05. The molecule has 3 aromatic rings. The van der Waals surface area contributed by atoms with Crippen LogP contribution in [0.4, 0.5) is 25.1 Å². The van der Waals surface area contributed by atoms with Gasteiger partial charge in [-0.1, -0.05) is 6.07 Å². The lowest BCUT2D eigenvalue weighted by Gasteiger charge is -2.35. The largest absolute Gasteiger partial charge is 0.353 e. The first-order valence-electron chi connectivity index (χ1n) is 9.52. The van der Waals surface area contributed by atoms with Gasteiger partial charge in [-0.15, -0.1) is 0 Å². The van der Waals surface area contributed by atoms with Gasteiger partial charge in [-0.05, 0) is 26.0 Å². The van der Waals surface area contributed by atoms with Crippen molar-refractivity contribution in [2.75, 3.05) is 36.4 Å². The highest BCUT2D eigenvalue weighted by atomic mass is 19.1. The highest BCUT2D eigenvalue weighted by Gasteiger charge is 2.24. The van der Waals surface area contributed by atoms with Gasteiger partial charge in [0.2, 0.25) is 0 Å². The number of imidazole rings is 1. The van der Waals surface area contributed by atoms with Gasteiger partial charge in [0.25, 0.3) is 0 Å². The standard InChI is InChI=1S/C20H21F2N7O/c1-13-14(2)29(12-25-13)18-10-17(23-11-24-18)27-6-8-28(9-7-27)20(30)26-19-15(21)4-3-5-16(19)22/h3-5,10-12H,6-9H2,1-2H3,(H,26,30). The molecule has 2 aromatic heterocycles. The first-order chi connectivity index (χ1) is 14.4. The first-order valence-corrected chi connectivity index (χ1v) is 9.52. The van der Waals surface area contributed by atoms with Crippen LogP contribution in [-0.2, 0) is 0 Å². The summed E-state index contributed by atoms with van der Waals surface area (Å²) in [6.45, 7) is 5.76. The van der Waals surface area contributed by atoms with Gasteiger partial charge in [0, 0.05) is 37.9 Å². The Hall–Kier alpha value is -3.56. The number of amides is 2. The third-order valence-electron chi connectivity index (χ3n) is 5.22. The van der Waals surface area contributed by atoms with E-state index in [2.05, 4.69) is 20.3 Å². The maximum Gasteiger partial charge on any atom is 0.322 e. The third-order valence-corrected chi connectivity index (χ3v) is 5.22. The van der Waals surface area contributed by atoms with Crippen LogP contribution < -0.4 is 10.2 Å². The molecular formula is C20H21F2N7O. The average Bonchev–Trinajstić information content (AvgIpc) is 3.09. The Morgan fingerprint density at radius 2 is 1.67 bits per heavy atom. The second-order valence-electron chi connectivity index (χ2n) is 7.02. The highest BCUT2D eigenvalue weighted by molar-refractivity contribution is 5.89. The molecule has 1 aliphatic rings. The van der Waals surface area contributed by atoms with Crippen molar-refractivity contribution in [2.24, 2.45) is 0 Å². The second-order valence-corrected chi connectivity index (χ2v) is 7.02. The number of hydrogen-bond donors (Lipinski definition) is 1. The van der Waals surface area contributed by atoms with E-state index >= 15 is 0 Å². The molecule has 0 saturated carbocycles. The Morgan fingerprint density at radius 1 is 1.00 bits per heavy atom. The van der Waals surface area contributed by atoms with E-state index in [4.69, 9.17) is 0 Å². The molecule has 156 valence electrons. The van der Waals surface area contributed by atoms with Gasteiger partial charge in [0.15, 0.2) is 0 Å². The van der Waals surface area contributed by atoms with Crippen molar-refractivity contribution in [2.45, 2.75) is 13.8 Å². The van der Waals surface area contributed by atoms with Crippen LogP contribution in [0.5, 0.6) is 0 Å². The number of carbonyl (C=O) groups is 1. The van der Waals surface area contributed by atoms with Crippen molar-refractivity contribution in [1.29, 1.82) is 0 Å². The van der Waals surface area contributed by atoms with Gasteiger partial charge in [0.05, 0.1) is 5.69 Å². The summed E-state index contributed by atoms with van der Waals surface area (Å²) < 4.78 is 29.4. The van der Waals surface area contributed by atoms with Crippen LogP contribution in [0.25, 0.3) is 5.82 Å². The molecule has 0 bridgehead atoms. The Labute approximate surface area is 172 Å². The summed E-state index contributed by atoms with van der Waals surface area (Å²) in [5.74, 6) is -0.152. The van der Waals surface area contributed by atoms with Crippen LogP contribution in [0.1, 0.15) is 11.4 Å². The van der Waals surface area contributed by atoms with E-state index in [1.807, 2.05) is 29.4 Å². The molecule has 2 amide bonds. The normalized spacial score (nSPS) is 14.1. The minimum absolute atomic E-state index is 0.393. The molecule has 0 unspecified atom stereocenters. The zero-order valence-corrected chi connectivity index (χ0v) is 16.6. The van der Waals surface area contributed by atoms with Gasteiger partial charge in [-0.2, -0.15) is 0 Å². The van der Waals surface area contributed by atoms with E-state index in [1.54, 1.807) is 6.33 Å². The van der Waals surface area contributed by atoms with Crippen molar-refractivity contribution >= 4 is 17.5 Å². The molecule has 8 nitrogen and oxygen atoms in total. The molecule has 0 spiro atoms. The zero-order chi connectivity index (χ0) is 21.3. The van der Waals surface area contributed by atoms with Crippen molar-refractivity contribution in [3.05, 3.63) is 59.9 Å². The summed E-state index contributed by atoms with van der Waals surface area (Å²) in [6, 6.07) is 4.80. The molecule has 10 heteroatoms. The number of rotatable bonds is 3. The van der Waals surface area contributed by atoms with Crippen LogP contribution in [0.3, 0.4) is 0 Å². The maximum absolute atomic E-state index is 13.8. The number of benzene rings is 1. The van der Waals surface area contributed by atoms with E-state index in [-0.39, 0.29) is 0 Å². The Morgan fingerprint density at radius 3 is 2.30 bits per heavy atom. The lowest BCUT2D eigenvalue weighted by Crippen LogP contribution is -2.50. The molecule has 0 radical (unpaired) electrons. The summed E-state index contributed by atoms with van der Waals surface area (Å²) in [6.07, 6.45) is 3.22. The van der Waals surface area contributed by atoms with E-state index < -0.39 is 23.4 Å². The summed E-state index contributed by atoms with van der Waals surface area (Å²) in [7, 11) is 0. The first kappa shape index (κ1) is 19.7. The van der Waals surface area contributed by atoms with E-state index in [0.29, 0.717) is 32.0 Å². The fourth-order valence-corrected chi connectivity index (χ4v) is 3.31. The molecule has 1 fully saturated rings. The number of para-hydroxylation sites is 1. The summed E-state index contributed by atoms with van der Waals surface area (Å²) in [5.41, 5.74) is 1.50. The van der Waals surface area contributed by atoms with Crippen LogP contribution in [0, 0.1) is 25.5 Å². The molecule has 1 aliphatic heterocycles. The molecule has 0 aliphatic carbocycles. The van der Waals surface area contributed by atoms with Gasteiger partial charge in [-0.25, -0.2) is 28.5 Å². The van der Waals surface area contributed by atoms with E-state index in [1.165, 1.54) is 17.3 Å². The third kappa shape index (κ3) is 3.80. The number of halogens is 2. The predicted molar refractivity (Wildman–Crippen MR) is 108 cm³/mol. The quantitative estimate of drug-likeness (QED) is 0.714. The van der Waals surface area contributed by atoms with Gasteiger partial charge >= 0.3 is 6.03 Å². The Kier molecular flexibility index (Phi) is 5.30. The fraction of sp³-hybridized carbons (Fsp3) is 0.300. The van der Waals surface area contributed by atoms with Crippen LogP contribution in [0.2, 0.25) is 0 Å². The fourth-order valence-electron chi connectivity index (χ4n) is 3.31. The molecule has 1 aromatic carbocycles. The Bertz CT molecular complexity index is 1060. The van der Waals surface area contributed by atoms with Crippen LogP contribution in [-0.4, -0.2) is 56.6 Å². The van der Waals surface area contributed by atoms with Crippen molar-refractivity contribution in [3.63, 3.8) is 0 Å².